The lowest BCUT2D eigenvalue weighted by atomic mass is 10.2. The predicted octanol–water partition coefficient (Wildman–Crippen LogP) is 3.45. The van der Waals surface area contributed by atoms with Gasteiger partial charge >= 0.3 is 0 Å². The molecule has 1 aliphatic heterocycles. The third-order valence-electron chi connectivity index (χ3n) is 4.75. The van der Waals surface area contributed by atoms with Crippen molar-refractivity contribution in [2.24, 2.45) is 0 Å². The zero-order valence-corrected chi connectivity index (χ0v) is 15.8. The Labute approximate surface area is 165 Å². The van der Waals surface area contributed by atoms with Crippen molar-refractivity contribution in [1.29, 1.82) is 0 Å². The number of hydrogen-bond acceptors (Lipinski definition) is 6. The number of hydrogen-bond donors (Lipinski definition) is 1. The summed E-state index contributed by atoms with van der Waals surface area (Å²) in [5.74, 6) is 1.39. The van der Waals surface area contributed by atoms with E-state index in [1.165, 1.54) is 5.56 Å². The maximum Gasteiger partial charge on any atom is 0.249 e. The van der Waals surface area contributed by atoms with Crippen LogP contribution in [0.25, 0.3) is 6.08 Å². The van der Waals surface area contributed by atoms with Gasteiger partial charge in [-0.3, -0.25) is 4.90 Å². The zero-order chi connectivity index (χ0) is 19.0. The molecule has 1 N–H and O–H groups in total. The number of nitrogens with zero attached hydrogens (tertiary/aromatic N) is 5. The summed E-state index contributed by atoms with van der Waals surface area (Å²) in [7, 11) is 0. The molecule has 1 aromatic heterocycles. The molecular weight excluding hydrogens is 348 g/mol. The molecule has 1 fully saturated rings. The molecule has 0 unspecified atom stereocenters. The summed E-state index contributed by atoms with van der Waals surface area (Å²) in [5.41, 5.74) is 2.20. The van der Waals surface area contributed by atoms with Gasteiger partial charge in [-0.2, -0.15) is 10.1 Å². The van der Waals surface area contributed by atoms with Crippen molar-refractivity contribution in [3.05, 3.63) is 78.5 Å². The number of benzene rings is 2. The quantitative estimate of drug-likeness (QED) is 0.715. The maximum absolute atomic E-state index is 4.63. The molecule has 1 saturated heterocycles. The SMILES string of the molecule is C(=C\c1ccccc1)/CN1CCN(c2cnnc(Nc3ccccc3)n2)CC1. The molecule has 6 nitrogen and oxygen atoms in total. The lowest BCUT2D eigenvalue weighted by Gasteiger charge is -2.34. The van der Waals surface area contributed by atoms with Crippen molar-refractivity contribution >= 4 is 23.5 Å². The topological polar surface area (TPSA) is 57.2 Å². The van der Waals surface area contributed by atoms with Gasteiger partial charge in [0.05, 0.1) is 6.20 Å². The molecule has 0 bridgehead atoms. The van der Waals surface area contributed by atoms with Gasteiger partial charge < -0.3 is 10.2 Å². The van der Waals surface area contributed by atoms with E-state index in [0.29, 0.717) is 5.95 Å². The number of rotatable bonds is 6. The summed E-state index contributed by atoms with van der Waals surface area (Å²) in [6, 6.07) is 20.3. The van der Waals surface area contributed by atoms with Gasteiger partial charge in [-0.05, 0) is 17.7 Å². The van der Waals surface area contributed by atoms with E-state index in [9.17, 15) is 0 Å². The fraction of sp³-hybridized carbons (Fsp3) is 0.227. The normalized spacial score (nSPS) is 15.1. The molecule has 3 aromatic rings. The summed E-state index contributed by atoms with van der Waals surface area (Å²) in [4.78, 5) is 9.35. The molecule has 0 saturated carbocycles. The van der Waals surface area contributed by atoms with E-state index in [1.54, 1.807) is 6.20 Å². The summed E-state index contributed by atoms with van der Waals surface area (Å²) >= 11 is 0. The van der Waals surface area contributed by atoms with Gasteiger partial charge in [0.2, 0.25) is 5.95 Å². The second-order valence-electron chi connectivity index (χ2n) is 6.73. The molecule has 142 valence electrons. The van der Waals surface area contributed by atoms with E-state index in [2.05, 4.69) is 66.7 Å². The van der Waals surface area contributed by atoms with Crippen molar-refractivity contribution in [1.82, 2.24) is 20.1 Å². The first kappa shape index (κ1) is 18.1. The molecular formula is C22H24N6. The minimum Gasteiger partial charge on any atom is -0.353 e. The highest BCUT2D eigenvalue weighted by Crippen LogP contribution is 2.16. The van der Waals surface area contributed by atoms with Crippen LogP contribution in [0.15, 0.2) is 72.9 Å². The van der Waals surface area contributed by atoms with Crippen LogP contribution in [0.1, 0.15) is 5.56 Å². The fourth-order valence-corrected chi connectivity index (χ4v) is 3.21. The van der Waals surface area contributed by atoms with Crippen LogP contribution < -0.4 is 10.2 Å². The Balaban J connectivity index is 1.30. The number of piperazine rings is 1. The second kappa shape index (κ2) is 9.10. The van der Waals surface area contributed by atoms with Crippen molar-refractivity contribution in [2.75, 3.05) is 42.9 Å². The van der Waals surface area contributed by atoms with Crippen LogP contribution >= 0.6 is 0 Å². The Morgan fingerprint density at radius 2 is 1.61 bits per heavy atom. The van der Waals surface area contributed by atoms with Crippen LogP contribution in [0.2, 0.25) is 0 Å². The third kappa shape index (κ3) is 4.92. The van der Waals surface area contributed by atoms with Crippen LogP contribution in [-0.4, -0.2) is 52.8 Å². The van der Waals surface area contributed by atoms with Crippen LogP contribution in [0.5, 0.6) is 0 Å². The molecule has 0 amide bonds. The molecule has 0 aliphatic carbocycles. The number of aromatic nitrogens is 3. The fourth-order valence-electron chi connectivity index (χ4n) is 3.21. The van der Waals surface area contributed by atoms with E-state index in [0.717, 1.165) is 44.2 Å². The van der Waals surface area contributed by atoms with E-state index < -0.39 is 0 Å². The second-order valence-corrected chi connectivity index (χ2v) is 6.73. The molecule has 0 atom stereocenters. The van der Waals surface area contributed by atoms with Crippen molar-refractivity contribution in [3.8, 4) is 0 Å². The van der Waals surface area contributed by atoms with Crippen LogP contribution in [-0.2, 0) is 0 Å². The Hall–Kier alpha value is -3.25. The predicted molar refractivity (Wildman–Crippen MR) is 114 cm³/mol. The largest absolute Gasteiger partial charge is 0.353 e. The first-order valence-corrected chi connectivity index (χ1v) is 9.57. The van der Waals surface area contributed by atoms with Crippen LogP contribution in [0.3, 0.4) is 0 Å². The standard InChI is InChI=1S/C22H24N6/c1-3-8-19(9-4-1)10-7-13-27-14-16-28(17-15-27)21-18-23-26-22(25-21)24-20-11-5-2-6-12-20/h1-12,18H,13-17H2,(H,24,25,26)/b10-7+. The Bertz CT molecular complexity index is 889. The number of nitrogens with one attached hydrogen (secondary N) is 1. The van der Waals surface area contributed by atoms with Gasteiger partial charge in [0, 0.05) is 38.4 Å². The van der Waals surface area contributed by atoms with E-state index in [-0.39, 0.29) is 0 Å². The molecule has 4 rings (SSSR count). The number of anilines is 3. The Morgan fingerprint density at radius 3 is 2.36 bits per heavy atom. The average molecular weight is 372 g/mol. The van der Waals surface area contributed by atoms with Crippen LogP contribution in [0.4, 0.5) is 17.5 Å². The van der Waals surface area contributed by atoms with Gasteiger partial charge in [0.15, 0.2) is 5.82 Å². The third-order valence-corrected chi connectivity index (χ3v) is 4.75. The zero-order valence-electron chi connectivity index (χ0n) is 15.8. The highest BCUT2D eigenvalue weighted by molar-refractivity contribution is 5.54. The lowest BCUT2D eigenvalue weighted by Crippen LogP contribution is -2.46. The average Bonchev–Trinajstić information content (AvgIpc) is 2.76. The first-order valence-electron chi connectivity index (χ1n) is 9.57. The van der Waals surface area contributed by atoms with Gasteiger partial charge in [0.1, 0.15) is 0 Å². The van der Waals surface area contributed by atoms with E-state index in [1.807, 2.05) is 36.4 Å². The van der Waals surface area contributed by atoms with Crippen LogP contribution in [0, 0.1) is 0 Å². The first-order chi connectivity index (χ1) is 13.9. The monoisotopic (exact) mass is 372 g/mol. The summed E-state index contributed by atoms with van der Waals surface area (Å²) in [6.45, 7) is 4.84. The summed E-state index contributed by atoms with van der Waals surface area (Å²) in [6.07, 6.45) is 6.16. The molecule has 2 aromatic carbocycles. The molecule has 6 heteroatoms. The molecule has 0 spiro atoms. The van der Waals surface area contributed by atoms with Gasteiger partial charge in [0.25, 0.3) is 0 Å². The highest BCUT2D eigenvalue weighted by Gasteiger charge is 2.18. The number of para-hydroxylation sites is 1. The van der Waals surface area contributed by atoms with Gasteiger partial charge in [-0.25, -0.2) is 0 Å². The van der Waals surface area contributed by atoms with Crippen molar-refractivity contribution in [2.45, 2.75) is 0 Å². The highest BCUT2D eigenvalue weighted by atomic mass is 15.3. The Kier molecular flexibility index (Phi) is 5.89. The molecule has 28 heavy (non-hydrogen) atoms. The maximum atomic E-state index is 4.63. The minimum absolute atomic E-state index is 0.525. The van der Waals surface area contributed by atoms with Crippen molar-refractivity contribution in [3.63, 3.8) is 0 Å². The smallest absolute Gasteiger partial charge is 0.249 e. The van der Waals surface area contributed by atoms with E-state index >= 15 is 0 Å². The van der Waals surface area contributed by atoms with E-state index in [4.69, 9.17) is 0 Å². The summed E-state index contributed by atoms with van der Waals surface area (Å²) < 4.78 is 0. The van der Waals surface area contributed by atoms with Gasteiger partial charge in [-0.15, -0.1) is 5.10 Å². The lowest BCUT2D eigenvalue weighted by molar-refractivity contribution is 0.283. The molecule has 0 radical (unpaired) electrons. The van der Waals surface area contributed by atoms with Gasteiger partial charge in [-0.1, -0.05) is 60.7 Å². The van der Waals surface area contributed by atoms with Crippen molar-refractivity contribution < 1.29 is 0 Å². The molecule has 1 aliphatic rings. The Morgan fingerprint density at radius 1 is 0.893 bits per heavy atom. The molecule has 2 heterocycles. The summed E-state index contributed by atoms with van der Waals surface area (Å²) in [5, 5.41) is 11.4. The minimum atomic E-state index is 0.525.